The molecule has 0 amide bonds. The van der Waals surface area contributed by atoms with Gasteiger partial charge < -0.3 is 9.84 Å². The number of hydrogen-bond acceptors (Lipinski definition) is 5. The topological polar surface area (TPSA) is 76.5 Å². The molecule has 0 atom stereocenters. The lowest BCUT2D eigenvalue weighted by atomic mass is 10.0. The summed E-state index contributed by atoms with van der Waals surface area (Å²) in [6, 6.07) is 15.9. The predicted molar refractivity (Wildman–Crippen MR) is 93.0 cm³/mol. The molecule has 0 aliphatic rings. The molecule has 0 saturated carbocycles. The minimum absolute atomic E-state index is 0.0354. The highest BCUT2D eigenvalue weighted by molar-refractivity contribution is 6.49. The van der Waals surface area contributed by atoms with Gasteiger partial charge in [0.25, 0.3) is 0 Å². The number of Topliss-reactive ketones (excluding diaryl/α,β-unsaturated/α-hetero) is 2. The SMILES string of the molecule is COc1cccc(-c2cc(C(=O)C(=O)c3ccc(O)cc3)ccn2)c1. The molecule has 1 N–H and O–H groups in total. The number of ether oxygens (including phenoxy) is 1. The number of phenols is 1. The Kier molecular flexibility index (Phi) is 4.57. The monoisotopic (exact) mass is 333 g/mol. The number of aromatic nitrogens is 1. The standard InChI is InChI=1S/C20H15NO4/c1-25-17-4-2-3-14(11-17)18-12-15(9-10-21-18)20(24)19(23)13-5-7-16(22)8-6-13/h2-12,22H,1H3. The molecule has 0 fully saturated rings. The number of carbonyl (C=O) groups excluding carboxylic acids is 2. The van der Waals surface area contributed by atoms with Crippen LogP contribution in [0.25, 0.3) is 11.3 Å². The van der Waals surface area contributed by atoms with Crippen LogP contribution in [0.15, 0.2) is 66.9 Å². The molecule has 1 aromatic heterocycles. The largest absolute Gasteiger partial charge is 0.508 e. The van der Waals surface area contributed by atoms with Crippen LogP contribution in [-0.2, 0) is 0 Å². The van der Waals surface area contributed by atoms with Crippen LogP contribution in [-0.4, -0.2) is 28.8 Å². The third kappa shape index (κ3) is 3.55. The highest BCUT2D eigenvalue weighted by atomic mass is 16.5. The summed E-state index contributed by atoms with van der Waals surface area (Å²) in [4.78, 5) is 29.1. The van der Waals surface area contributed by atoms with Crippen LogP contribution in [0.1, 0.15) is 20.7 Å². The average molecular weight is 333 g/mol. The summed E-state index contributed by atoms with van der Waals surface area (Å²) in [5.41, 5.74) is 1.84. The van der Waals surface area contributed by atoms with Gasteiger partial charge >= 0.3 is 0 Å². The summed E-state index contributed by atoms with van der Waals surface area (Å²) < 4.78 is 5.19. The van der Waals surface area contributed by atoms with E-state index in [0.717, 1.165) is 5.56 Å². The van der Waals surface area contributed by atoms with E-state index in [2.05, 4.69) is 4.98 Å². The lowest BCUT2D eigenvalue weighted by Gasteiger charge is -2.06. The molecule has 25 heavy (non-hydrogen) atoms. The first-order chi connectivity index (χ1) is 12.1. The number of benzene rings is 2. The van der Waals surface area contributed by atoms with Gasteiger partial charge in [0.2, 0.25) is 11.6 Å². The molecular formula is C20H15NO4. The third-order valence-electron chi connectivity index (χ3n) is 3.72. The molecule has 0 aliphatic carbocycles. The highest BCUT2D eigenvalue weighted by Gasteiger charge is 2.19. The van der Waals surface area contributed by atoms with Crippen molar-refractivity contribution in [2.75, 3.05) is 7.11 Å². The van der Waals surface area contributed by atoms with Crippen LogP contribution in [0.3, 0.4) is 0 Å². The molecule has 3 aromatic rings. The van der Waals surface area contributed by atoms with E-state index in [1.54, 1.807) is 19.2 Å². The summed E-state index contributed by atoms with van der Waals surface area (Å²) in [6.07, 6.45) is 1.49. The molecule has 0 radical (unpaired) electrons. The second kappa shape index (κ2) is 6.97. The van der Waals surface area contributed by atoms with E-state index in [4.69, 9.17) is 4.74 Å². The molecule has 0 unspecified atom stereocenters. The maximum Gasteiger partial charge on any atom is 0.233 e. The van der Waals surface area contributed by atoms with Crippen LogP contribution in [0.5, 0.6) is 11.5 Å². The van der Waals surface area contributed by atoms with E-state index in [9.17, 15) is 14.7 Å². The number of nitrogens with zero attached hydrogens (tertiary/aromatic N) is 1. The Labute approximate surface area is 144 Å². The van der Waals surface area contributed by atoms with E-state index in [-0.39, 0.29) is 16.9 Å². The van der Waals surface area contributed by atoms with Crippen molar-refractivity contribution in [1.29, 1.82) is 0 Å². The summed E-state index contributed by atoms with van der Waals surface area (Å²) in [6.45, 7) is 0. The van der Waals surface area contributed by atoms with Gasteiger partial charge in [-0.2, -0.15) is 0 Å². The molecule has 2 aromatic carbocycles. The van der Waals surface area contributed by atoms with Crippen LogP contribution < -0.4 is 4.74 Å². The number of rotatable bonds is 5. The van der Waals surface area contributed by atoms with Crippen molar-refractivity contribution in [3.8, 4) is 22.8 Å². The van der Waals surface area contributed by atoms with E-state index < -0.39 is 11.6 Å². The molecule has 0 bridgehead atoms. The molecule has 1 heterocycles. The maximum absolute atomic E-state index is 12.5. The van der Waals surface area contributed by atoms with Crippen molar-refractivity contribution in [3.05, 3.63) is 78.0 Å². The molecule has 5 heteroatoms. The van der Waals surface area contributed by atoms with Crippen molar-refractivity contribution in [1.82, 2.24) is 4.98 Å². The van der Waals surface area contributed by atoms with Gasteiger partial charge in [0.05, 0.1) is 12.8 Å². The van der Waals surface area contributed by atoms with Crippen molar-refractivity contribution in [3.63, 3.8) is 0 Å². The van der Waals surface area contributed by atoms with Crippen LogP contribution in [0.4, 0.5) is 0 Å². The van der Waals surface area contributed by atoms with Crippen molar-refractivity contribution in [2.45, 2.75) is 0 Å². The summed E-state index contributed by atoms with van der Waals surface area (Å²) in [7, 11) is 1.57. The zero-order valence-corrected chi connectivity index (χ0v) is 13.5. The highest BCUT2D eigenvalue weighted by Crippen LogP contribution is 2.23. The summed E-state index contributed by atoms with van der Waals surface area (Å²) in [5.74, 6) is -0.551. The van der Waals surface area contributed by atoms with E-state index >= 15 is 0 Å². The number of carbonyl (C=O) groups is 2. The van der Waals surface area contributed by atoms with Gasteiger partial charge in [0.15, 0.2) is 0 Å². The Morgan fingerprint density at radius 2 is 1.64 bits per heavy atom. The third-order valence-corrected chi connectivity index (χ3v) is 3.72. The Bertz CT molecular complexity index is 932. The molecule has 124 valence electrons. The average Bonchev–Trinajstić information content (AvgIpc) is 2.67. The van der Waals surface area contributed by atoms with E-state index in [1.165, 1.54) is 36.5 Å². The van der Waals surface area contributed by atoms with Crippen molar-refractivity contribution >= 4 is 11.6 Å². The zero-order chi connectivity index (χ0) is 17.8. The fraction of sp³-hybridized carbons (Fsp3) is 0.0500. The van der Waals surface area contributed by atoms with Gasteiger partial charge in [-0.15, -0.1) is 0 Å². The normalized spacial score (nSPS) is 10.3. The quantitative estimate of drug-likeness (QED) is 0.571. The first-order valence-electron chi connectivity index (χ1n) is 7.57. The van der Waals surface area contributed by atoms with Crippen LogP contribution >= 0.6 is 0 Å². The fourth-order valence-corrected chi connectivity index (χ4v) is 2.39. The van der Waals surface area contributed by atoms with Crippen molar-refractivity contribution in [2.24, 2.45) is 0 Å². The lowest BCUT2D eigenvalue weighted by molar-refractivity contribution is 0.0817. The van der Waals surface area contributed by atoms with Crippen molar-refractivity contribution < 1.29 is 19.4 Å². The van der Waals surface area contributed by atoms with Crippen LogP contribution in [0, 0.1) is 0 Å². The van der Waals surface area contributed by atoms with Gasteiger partial charge in [-0.1, -0.05) is 12.1 Å². The Balaban J connectivity index is 1.91. The zero-order valence-electron chi connectivity index (χ0n) is 13.5. The molecule has 5 nitrogen and oxygen atoms in total. The summed E-state index contributed by atoms with van der Waals surface area (Å²) >= 11 is 0. The fourth-order valence-electron chi connectivity index (χ4n) is 2.39. The van der Waals surface area contributed by atoms with Gasteiger partial charge in [-0.05, 0) is 48.5 Å². The summed E-state index contributed by atoms with van der Waals surface area (Å²) in [5, 5.41) is 9.28. The number of pyridine rings is 1. The van der Waals surface area contributed by atoms with Gasteiger partial charge in [0.1, 0.15) is 11.5 Å². The van der Waals surface area contributed by atoms with E-state index in [1.807, 2.05) is 18.2 Å². The van der Waals surface area contributed by atoms with Gasteiger partial charge in [-0.25, -0.2) is 0 Å². The van der Waals surface area contributed by atoms with E-state index in [0.29, 0.717) is 11.4 Å². The first-order valence-corrected chi connectivity index (χ1v) is 7.57. The lowest BCUT2D eigenvalue weighted by Crippen LogP contribution is -2.14. The Hall–Kier alpha value is -3.47. The number of hydrogen-bond donors (Lipinski definition) is 1. The number of aromatic hydroxyl groups is 1. The first kappa shape index (κ1) is 16.4. The minimum atomic E-state index is -0.636. The number of ketones is 2. The van der Waals surface area contributed by atoms with Crippen LogP contribution in [0.2, 0.25) is 0 Å². The van der Waals surface area contributed by atoms with Gasteiger partial charge in [0, 0.05) is 22.9 Å². The molecule has 3 rings (SSSR count). The predicted octanol–water partition coefficient (Wildman–Crippen LogP) is 3.53. The molecule has 0 spiro atoms. The molecular weight excluding hydrogens is 318 g/mol. The Morgan fingerprint density at radius 3 is 2.36 bits per heavy atom. The second-order valence-electron chi connectivity index (χ2n) is 5.37. The second-order valence-corrected chi connectivity index (χ2v) is 5.37. The molecule has 0 aliphatic heterocycles. The minimum Gasteiger partial charge on any atom is -0.508 e. The maximum atomic E-state index is 12.5. The Morgan fingerprint density at radius 1 is 0.920 bits per heavy atom. The molecule has 0 saturated heterocycles. The smallest absolute Gasteiger partial charge is 0.233 e. The number of methoxy groups -OCH3 is 1. The number of phenolic OH excluding ortho intramolecular Hbond substituents is 1. The van der Waals surface area contributed by atoms with Gasteiger partial charge in [-0.3, -0.25) is 14.6 Å².